The van der Waals surface area contributed by atoms with Crippen molar-refractivity contribution < 1.29 is 14.1 Å². The fraction of sp³-hybridized carbons (Fsp3) is 0.421. The van der Waals surface area contributed by atoms with E-state index in [0.717, 1.165) is 42.7 Å². The van der Waals surface area contributed by atoms with Crippen molar-refractivity contribution in [2.24, 2.45) is 0 Å². The van der Waals surface area contributed by atoms with Gasteiger partial charge in [-0.2, -0.15) is 0 Å². The number of rotatable bonds is 8. The van der Waals surface area contributed by atoms with Crippen molar-refractivity contribution >= 4 is 17.4 Å². The average molecular weight is 326 g/mol. The molecule has 126 valence electrons. The predicted octanol–water partition coefficient (Wildman–Crippen LogP) is 4.11. The zero-order valence-corrected chi connectivity index (χ0v) is 13.9. The third-order valence-electron chi connectivity index (χ3n) is 4.15. The summed E-state index contributed by atoms with van der Waals surface area (Å²) in [5.74, 6) is 1.25. The Bertz CT molecular complexity index is 714. The van der Waals surface area contributed by atoms with Crippen LogP contribution in [0.1, 0.15) is 66.8 Å². The van der Waals surface area contributed by atoms with Gasteiger partial charge in [-0.1, -0.05) is 30.6 Å². The van der Waals surface area contributed by atoms with E-state index in [-0.39, 0.29) is 18.1 Å². The summed E-state index contributed by atoms with van der Waals surface area (Å²) in [4.78, 5) is 24.0. The van der Waals surface area contributed by atoms with Crippen molar-refractivity contribution in [3.63, 3.8) is 0 Å². The standard InChI is InChI=1S/C19H22N2O3/c1-2-3-4-19(23)20-15-9-5-13(6-10-15)11-17(22)16-12-18(24-21-16)14-7-8-14/h5-6,9-10,12,14H,2-4,7-8,11H2,1H3,(H,20,23). The number of hydrogen-bond acceptors (Lipinski definition) is 4. The van der Waals surface area contributed by atoms with Crippen molar-refractivity contribution in [2.45, 2.75) is 51.4 Å². The molecule has 2 aromatic rings. The van der Waals surface area contributed by atoms with Gasteiger partial charge in [0.05, 0.1) is 0 Å². The van der Waals surface area contributed by atoms with Gasteiger partial charge < -0.3 is 9.84 Å². The summed E-state index contributed by atoms with van der Waals surface area (Å²) >= 11 is 0. The van der Waals surface area contributed by atoms with Crippen LogP contribution in [0.25, 0.3) is 0 Å². The number of carbonyl (C=O) groups is 2. The number of nitrogens with one attached hydrogen (secondary N) is 1. The third-order valence-corrected chi connectivity index (χ3v) is 4.15. The molecule has 1 aromatic carbocycles. The summed E-state index contributed by atoms with van der Waals surface area (Å²) in [6, 6.07) is 9.13. The maximum Gasteiger partial charge on any atom is 0.224 e. The fourth-order valence-electron chi connectivity index (χ4n) is 2.52. The first-order chi connectivity index (χ1) is 11.7. The molecule has 0 aliphatic heterocycles. The van der Waals surface area contributed by atoms with Crippen molar-refractivity contribution in [1.29, 1.82) is 0 Å². The Kier molecular flexibility index (Phi) is 5.08. The average Bonchev–Trinajstić information content (AvgIpc) is 3.31. The number of benzene rings is 1. The minimum atomic E-state index is -0.0506. The van der Waals surface area contributed by atoms with E-state index in [9.17, 15) is 9.59 Å². The van der Waals surface area contributed by atoms with Gasteiger partial charge in [0.25, 0.3) is 0 Å². The molecule has 0 atom stereocenters. The molecule has 0 saturated heterocycles. The van der Waals surface area contributed by atoms with Gasteiger partial charge in [-0.25, -0.2) is 0 Å². The maximum atomic E-state index is 12.3. The second kappa shape index (κ2) is 7.43. The van der Waals surface area contributed by atoms with E-state index in [1.54, 1.807) is 6.07 Å². The molecule has 1 amide bonds. The van der Waals surface area contributed by atoms with Gasteiger partial charge in [-0.05, 0) is 37.0 Å². The third kappa shape index (κ3) is 4.31. The molecular weight excluding hydrogens is 304 g/mol. The van der Waals surface area contributed by atoms with Gasteiger partial charge in [0.2, 0.25) is 5.91 Å². The first kappa shape index (κ1) is 16.4. The van der Waals surface area contributed by atoms with E-state index < -0.39 is 0 Å². The van der Waals surface area contributed by atoms with Crippen LogP contribution in [0.2, 0.25) is 0 Å². The molecule has 1 saturated carbocycles. The number of amides is 1. The topological polar surface area (TPSA) is 72.2 Å². The van der Waals surface area contributed by atoms with Crippen LogP contribution in [0.3, 0.4) is 0 Å². The number of anilines is 1. The minimum absolute atomic E-state index is 0.0240. The number of nitrogens with zero attached hydrogens (tertiary/aromatic N) is 1. The Morgan fingerprint density at radius 3 is 2.67 bits per heavy atom. The van der Waals surface area contributed by atoms with E-state index in [1.807, 2.05) is 24.3 Å². The molecule has 24 heavy (non-hydrogen) atoms. The van der Waals surface area contributed by atoms with Gasteiger partial charge in [0, 0.05) is 30.5 Å². The van der Waals surface area contributed by atoms with E-state index in [4.69, 9.17) is 4.52 Å². The summed E-state index contributed by atoms with van der Waals surface area (Å²) in [7, 11) is 0. The molecule has 0 radical (unpaired) electrons. The second-order valence-electron chi connectivity index (χ2n) is 6.34. The molecule has 1 N–H and O–H groups in total. The summed E-state index contributed by atoms with van der Waals surface area (Å²) in [6.07, 6.45) is 4.94. The molecule has 0 spiro atoms. The van der Waals surface area contributed by atoms with Crippen molar-refractivity contribution in [3.05, 3.63) is 47.3 Å². The second-order valence-corrected chi connectivity index (χ2v) is 6.34. The highest BCUT2D eigenvalue weighted by Crippen LogP contribution is 2.40. The van der Waals surface area contributed by atoms with Gasteiger partial charge in [-0.15, -0.1) is 0 Å². The molecule has 5 heteroatoms. The number of Topliss-reactive ketones (excluding diaryl/α,β-unsaturated/α-hetero) is 1. The Morgan fingerprint density at radius 1 is 1.25 bits per heavy atom. The highest BCUT2D eigenvalue weighted by Gasteiger charge is 2.28. The molecule has 0 unspecified atom stereocenters. The number of unbranched alkanes of at least 4 members (excludes halogenated alkanes) is 1. The number of carbonyl (C=O) groups excluding carboxylic acids is 2. The van der Waals surface area contributed by atoms with Crippen molar-refractivity contribution in [3.8, 4) is 0 Å². The normalized spacial score (nSPS) is 13.7. The highest BCUT2D eigenvalue weighted by molar-refractivity contribution is 5.96. The van der Waals surface area contributed by atoms with Gasteiger partial charge >= 0.3 is 0 Å². The van der Waals surface area contributed by atoms with E-state index >= 15 is 0 Å². The Morgan fingerprint density at radius 2 is 2.00 bits per heavy atom. The molecule has 3 rings (SSSR count). The van der Waals surface area contributed by atoms with Gasteiger partial charge in [0.1, 0.15) is 11.5 Å². The monoisotopic (exact) mass is 326 g/mol. The smallest absolute Gasteiger partial charge is 0.224 e. The van der Waals surface area contributed by atoms with Crippen LogP contribution < -0.4 is 5.32 Å². The van der Waals surface area contributed by atoms with Crippen LogP contribution in [0, 0.1) is 0 Å². The fourth-order valence-corrected chi connectivity index (χ4v) is 2.52. The lowest BCUT2D eigenvalue weighted by Gasteiger charge is -2.05. The number of hydrogen-bond donors (Lipinski definition) is 1. The first-order valence-corrected chi connectivity index (χ1v) is 8.54. The van der Waals surface area contributed by atoms with Gasteiger partial charge in [-0.3, -0.25) is 9.59 Å². The zero-order chi connectivity index (χ0) is 16.9. The highest BCUT2D eigenvalue weighted by atomic mass is 16.5. The van der Waals surface area contributed by atoms with Gasteiger partial charge in [0.15, 0.2) is 5.78 Å². The molecule has 1 fully saturated rings. The minimum Gasteiger partial charge on any atom is -0.360 e. The Labute approximate surface area is 141 Å². The van der Waals surface area contributed by atoms with Crippen LogP contribution in [0.5, 0.6) is 0 Å². The molecule has 0 bridgehead atoms. The zero-order valence-electron chi connectivity index (χ0n) is 13.9. The SMILES string of the molecule is CCCCC(=O)Nc1ccc(CC(=O)c2cc(C3CC3)on2)cc1. The van der Waals surface area contributed by atoms with E-state index in [0.29, 0.717) is 18.0 Å². The summed E-state index contributed by atoms with van der Waals surface area (Å²) in [5, 5.41) is 6.74. The van der Waals surface area contributed by atoms with Crippen LogP contribution >= 0.6 is 0 Å². The van der Waals surface area contributed by atoms with E-state index in [1.165, 1.54) is 0 Å². The molecule has 1 aliphatic rings. The molecule has 5 nitrogen and oxygen atoms in total. The largest absolute Gasteiger partial charge is 0.360 e. The molecule has 1 aromatic heterocycles. The van der Waals surface area contributed by atoms with Crippen molar-refractivity contribution in [1.82, 2.24) is 5.16 Å². The number of ketones is 1. The number of aromatic nitrogens is 1. The summed E-state index contributed by atoms with van der Waals surface area (Å²) in [5.41, 5.74) is 2.04. The first-order valence-electron chi connectivity index (χ1n) is 8.54. The van der Waals surface area contributed by atoms with Crippen LogP contribution in [-0.2, 0) is 11.2 Å². The Balaban J connectivity index is 1.54. The van der Waals surface area contributed by atoms with E-state index in [2.05, 4.69) is 17.4 Å². The lowest BCUT2D eigenvalue weighted by molar-refractivity contribution is -0.116. The quantitative estimate of drug-likeness (QED) is 0.741. The molecule has 1 heterocycles. The lowest BCUT2D eigenvalue weighted by atomic mass is 10.1. The predicted molar refractivity (Wildman–Crippen MR) is 91.1 cm³/mol. The Hall–Kier alpha value is -2.43. The van der Waals surface area contributed by atoms with Crippen LogP contribution in [0.4, 0.5) is 5.69 Å². The summed E-state index contributed by atoms with van der Waals surface area (Å²) < 4.78 is 5.22. The lowest BCUT2D eigenvalue weighted by Crippen LogP contribution is -2.11. The van der Waals surface area contributed by atoms with Crippen LogP contribution in [-0.4, -0.2) is 16.8 Å². The van der Waals surface area contributed by atoms with Crippen LogP contribution in [0.15, 0.2) is 34.9 Å². The molecule has 1 aliphatic carbocycles. The maximum absolute atomic E-state index is 12.3. The summed E-state index contributed by atoms with van der Waals surface area (Å²) in [6.45, 7) is 2.06. The van der Waals surface area contributed by atoms with Crippen molar-refractivity contribution in [2.75, 3.05) is 5.32 Å². The molecular formula is C19H22N2O3.